The van der Waals surface area contributed by atoms with Crippen LogP contribution < -0.4 is 0 Å². The van der Waals surface area contributed by atoms with E-state index in [9.17, 15) is 9.59 Å². The Kier molecular flexibility index (Phi) is 5.85. The van der Waals surface area contributed by atoms with Gasteiger partial charge in [-0.15, -0.1) is 0 Å². The molecular formula is C13H21NO4. The Labute approximate surface area is 107 Å². The van der Waals surface area contributed by atoms with Crippen LogP contribution in [0.1, 0.15) is 33.1 Å². The Morgan fingerprint density at radius 1 is 1.39 bits per heavy atom. The molecule has 1 rings (SSSR count). The number of carboxylic acids is 1. The summed E-state index contributed by atoms with van der Waals surface area (Å²) in [7, 11) is 0. The van der Waals surface area contributed by atoms with Crippen molar-refractivity contribution >= 4 is 11.9 Å². The van der Waals surface area contributed by atoms with Crippen LogP contribution in [0, 0.1) is 0 Å². The van der Waals surface area contributed by atoms with Crippen LogP contribution in [-0.2, 0) is 14.3 Å². The predicted octanol–water partition coefficient (Wildman–Crippen LogP) is 1.43. The SMILES string of the molecule is CCC=C(C)C(=O)N1CCC(OCC(=O)O)CC1. The van der Waals surface area contributed by atoms with Crippen LogP contribution in [0.5, 0.6) is 0 Å². The minimum absolute atomic E-state index is 0.0411. The van der Waals surface area contributed by atoms with E-state index in [2.05, 4.69) is 0 Å². The third kappa shape index (κ3) is 4.49. The second-order valence-electron chi connectivity index (χ2n) is 4.49. The summed E-state index contributed by atoms with van der Waals surface area (Å²) in [5.74, 6) is -0.872. The van der Waals surface area contributed by atoms with Crippen molar-refractivity contribution in [1.29, 1.82) is 0 Å². The maximum atomic E-state index is 12.0. The first-order valence-electron chi connectivity index (χ1n) is 6.34. The molecule has 1 fully saturated rings. The standard InChI is InChI=1S/C13H21NO4/c1-3-4-10(2)13(17)14-7-5-11(6-8-14)18-9-12(15)16/h4,11H,3,5-9H2,1-2H3,(H,15,16). The summed E-state index contributed by atoms with van der Waals surface area (Å²) in [6, 6.07) is 0. The summed E-state index contributed by atoms with van der Waals surface area (Å²) in [5.41, 5.74) is 0.780. The first-order chi connectivity index (χ1) is 8.54. The molecule has 0 atom stereocenters. The Balaban J connectivity index is 2.37. The first-order valence-corrected chi connectivity index (χ1v) is 6.34. The molecule has 1 heterocycles. The van der Waals surface area contributed by atoms with Gasteiger partial charge in [0.15, 0.2) is 0 Å². The monoisotopic (exact) mass is 255 g/mol. The van der Waals surface area contributed by atoms with Gasteiger partial charge in [0, 0.05) is 18.7 Å². The van der Waals surface area contributed by atoms with Crippen molar-refractivity contribution in [2.75, 3.05) is 19.7 Å². The minimum atomic E-state index is -0.949. The molecule has 1 aliphatic heterocycles. The molecule has 1 saturated heterocycles. The zero-order chi connectivity index (χ0) is 13.5. The number of carboxylic acid groups (broad SMARTS) is 1. The number of carbonyl (C=O) groups excluding carboxylic acids is 1. The number of aliphatic carboxylic acids is 1. The second kappa shape index (κ2) is 7.16. The predicted molar refractivity (Wildman–Crippen MR) is 67.2 cm³/mol. The molecule has 1 N–H and O–H groups in total. The highest BCUT2D eigenvalue weighted by molar-refractivity contribution is 5.92. The average Bonchev–Trinajstić information content (AvgIpc) is 2.36. The maximum Gasteiger partial charge on any atom is 0.329 e. The molecule has 0 aromatic heterocycles. The molecule has 0 aliphatic carbocycles. The lowest BCUT2D eigenvalue weighted by Crippen LogP contribution is -2.41. The molecule has 0 aromatic carbocycles. The van der Waals surface area contributed by atoms with Crippen LogP contribution >= 0.6 is 0 Å². The van der Waals surface area contributed by atoms with Crippen LogP contribution in [0.2, 0.25) is 0 Å². The van der Waals surface area contributed by atoms with Gasteiger partial charge < -0.3 is 14.7 Å². The van der Waals surface area contributed by atoms with Crippen molar-refractivity contribution in [3.63, 3.8) is 0 Å². The van der Waals surface area contributed by atoms with Crippen molar-refractivity contribution in [3.8, 4) is 0 Å². The molecular weight excluding hydrogens is 234 g/mol. The van der Waals surface area contributed by atoms with Gasteiger partial charge in [0.25, 0.3) is 0 Å². The van der Waals surface area contributed by atoms with E-state index >= 15 is 0 Å². The van der Waals surface area contributed by atoms with Crippen LogP contribution in [0.25, 0.3) is 0 Å². The molecule has 0 spiro atoms. The summed E-state index contributed by atoms with van der Waals surface area (Å²) in [6.07, 6.45) is 4.16. The number of piperidine rings is 1. The molecule has 0 bridgehead atoms. The van der Waals surface area contributed by atoms with Crippen molar-refractivity contribution in [1.82, 2.24) is 4.90 Å². The molecule has 0 radical (unpaired) electrons. The van der Waals surface area contributed by atoms with E-state index in [4.69, 9.17) is 9.84 Å². The lowest BCUT2D eigenvalue weighted by molar-refractivity contribution is -0.146. The second-order valence-corrected chi connectivity index (χ2v) is 4.49. The summed E-state index contributed by atoms with van der Waals surface area (Å²) < 4.78 is 5.23. The Morgan fingerprint density at radius 3 is 2.50 bits per heavy atom. The fourth-order valence-corrected chi connectivity index (χ4v) is 2.06. The third-order valence-corrected chi connectivity index (χ3v) is 3.02. The quantitative estimate of drug-likeness (QED) is 0.755. The van der Waals surface area contributed by atoms with Crippen LogP contribution in [0.3, 0.4) is 0 Å². The Bertz CT molecular complexity index is 330. The van der Waals surface area contributed by atoms with Crippen LogP contribution in [0.15, 0.2) is 11.6 Å². The van der Waals surface area contributed by atoms with Crippen LogP contribution in [0.4, 0.5) is 0 Å². The van der Waals surface area contributed by atoms with Gasteiger partial charge in [0.05, 0.1) is 6.10 Å². The van der Waals surface area contributed by atoms with E-state index in [-0.39, 0.29) is 18.6 Å². The third-order valence-electron chi connectivity index (χ3n) is 3.02. The zero-order valence-corrected chi connectivity index (χ0v) is 11.0. The van der Waals surface area contributed by atoms with Gasteiger partial charge in [0.1, 0.15) is 6.61 Å². The number of likely N-dealkylation sites (tertiary alicyclic amines) is 1. The summed E-state index contributed by atoms with van der Waals surface area (Å²) >= 11 is 0. The Morgan fingerprint density at radius 2 is 2.00 bits per heavy atom. The van der Waals surface area contributed by atoms with Gasteiger partial charge in [-0.3, -0.25) is 4.79 Å². The number of carbonyl (C=O) groups is 2. The van der Waals surface area contributed by atoms with Gasteiger partial charge >= 0.3 is 5.97 Å². The van der Waals surface area contributed by atoms with E-state index in [1.807, 2.05) is 24.8 Å². The lowest BCUT2D eigenvalue weighted by atomic mass is 10.1. The smallest absolute Gasteiger partial charge is 0.329 e. The minimum Gasteiger partial charge on any atom is -0.480 e. The number of rotatable bonds is 5. The fraction of sp³-hybridized carbons (Fsp3) is 0.692. The van der Waals surface area contributed by atoms with Gasteiger partial charge in [-0.25, -0.2) is 4.79 Å². The molecule has 1 amide bonds. The Hall–Kier alpha value is -1.36. The first kappa shape index (κ1) is 14.7. The normalized spacial score (nSPS) is 17.9. The van der Waals surface area contributed by atoms with Gasteiger partial charge in [0.2, 0.25) is 5.91 Å². The number of amides is 1. The highest BCUT2D eigenvalue weighted by Crippen LogP contribution is 2.15. The van der Waals surface area contributed by atoms with E-state index in [0.29, 0.717) is 25.9 Å². The lowest BCUT2D eigenvalue weighted by Gasteiger charge is -2.31. The van der Waals surface area contributed by atoms with E-state index in [1.54, 1.807) is 0 Å². The number of hydrogen-bond acceptors (Lipinski definition) is 3. The molecule has 1 aliphatic rings. The number of allylic oxidation sites excluding steroid dienone is 1. The molecule has 102 valence electrons. The van der Waals surface area contributed by atoms with Crippen LogP contribution in [-0.4, -0.2) is 47.7 Å². The van der Waals surface area contributed by atoms with Crippen molar-refractivity contribution < 1.29 is 19.4 Å². The number of nitrogens with zero attached hydrogens (tertiary/aromatic N) is 1. The molecule has 0 saturated carbocycles. The number of hydrogen-bond donors (Lipinski definition) is 1. The van der Waals surface area contributed by atoms with Gasteiger partial charge in [-0.05, 0) is 26.2 Å². The topological polar surface area (TPSA) is 66.8 Å². The summed E-state index contributed by atoms with van der Waals surface area (Å²) in [4.78, 5) is 24.2. The number of ether oxygens (including phenoxy) is 1. The van der Waals surface area contributed by atoms with Crippen molar-refractivity contribution in [3.05, 3.63) is 11.6 Å². The molecule has 18 heavy (non-hydrogen) atoms. The van der Waals surface area contributed by atoms with E-state index in [1.165, 1.54) is 0 Å². The summed E-state index contributed by atoms with van der Waals surface area (Å²) in [5, 5.41) is 8.52. The highest BCUT2D eigenvalue weighted by atomic mass is 16.5. The van der Waals surface area contributed by atoms with E-state index in [0.717, 1.165) is 12.0 Å². The highest BCUT2D eigenvalue weighted by Gasteiger charge is 2.24. The summed E-state index contributed by atoms with van der Waals surface area (Å²) in [6.45, 7) is 4.85. The van der Waals surface area contributed by atoms with Crippen molar-refractivity contribution in [2.24, 2.45) is 0 Å². The van der Waals surface area contributed by atoms with Gasteiger partial charge in [-0.1, -0.05) is 13.0 Å². The molecule has 5 heteroatoms. The van der Waals surface area contributed by atoms with Gasteiger partial charge in [-0.2, -0.15) is 0 Å². The maximum absolute atomic E-state index is 12.0. The van der Waals surface area contributed by atoms with E-state index < -0.39 is 5.97 Å². The fourth-order valence-electron chi connectivity index (χ4n) is 2.06. The van der Waals surface area contributed by atoms with Crippen molar-refractivity contribution in [2.45, 2.75) is 39.2 Å². The molecule has 5 nitrogen and oxygen atoms in total. The molecule has 0 aromatic rings. The zero-order valence-electron chi connectivity index (χ0n) is 11.0. The largest absolute Gasteiger partial charge is 0.480 e. The molecule has 0 unspecified atom stereocenters. The average molecular weight is 255 g/mol.